The van der Waals surface area contributed by atoms with Crippen molar-refractivity contribution in [3.63, 3.8) is 0 Å². The van der Waals surface area contributed by atoms with Gasteiger partial charge in [0.15, 0.2) is 5.96 Å². The summed E-state index contributed by atoms with van der Waals surface area (Å²) in [6, 6.07) is 11.0. The first-order valence-corrected chi connectivity index (χ1v) is 9.90. The lowest BCUT2D eigenvalue weighted by molar-refractivity contribution is -0.128. The van der Waals surface area contributed by atoms with Gasteiger partial charge in [0, 0.05) is 44.7 Å². The van der Waals surface area contributed by atoms with Gasteiger partial charge in [0.05, 0.1) is 0 Å². The highest BCUT2D eigenvalue weighted by atomic mass is 16.2. The summed E-state index contributed by atoms with van der Waals surface area (Å²) in [6.45, 7) is 10.1. The van der Waals surface area contributed by atoms with Crippen molar-refractivity contribution in [3.05, 3.63) is 35.9 Å². The molecule has 1 atom stereocenters. The van der Waals surface area contributed by atoms with E-state index in [4.69, 9.17) is 0 Å². The van der Waals surface area contributed by atoms with Crippen molar-refractivity contribution in [2.75, 3.05) is 33.2 Å². The van der Waals surface area contributed by atoms with E-state index in [1.807, 2.05) is 20.8 Å². The maximum atomic E-state index is 11.9. The monoisotopic (exact) mass is 373 g/mol. The number of hydrogen-bond donors (Lipinski definition) is 3. The summed E-state index contributed by atoms with van der Waals surface area (Å²) in [5.74, 6) is 0.864. The predicted octanol–water partition coefficient (Wildman–Crippen LogP) is 1.98. The highest BCUT2D eigenvalue weighted by molar-refractivity contribution is 5.82. The fraction of sp³-hybridized carbons (Fsp3) is 0.619. The van der Waals surface area contributed by atoms with Crippen molar-refractivity contribution in [2.24, 2.45) is 10.4 Å². The van der Waals surface area contributed by atoms with Gasteiger partial charge in [-0.15, -0.1) is 0 Å². The molecule has 2 rings (SSSR count). The second-order valence-corrected chi connectivity index (χ2v) is 8.21. The molecule has 27 heavy (non-hydrogen) atoms. The molecule has 1 aromatic carbocycles. The normalized spacial score (nSPS) is 18.8. The summed E-state index contributed by atoms with van der Waals surface area (Å²) in [5, 5.41) is 9.77. The summed E-state index contributed by atoms with van der Waals surface area (Å²) in [4.78, 5) is 18.7. The lowest BCUT2D eigenvalue weighted by Gasteiger charge is -2.34. The molecule has 1 aliphatic rings. The number of likely N-dealkylation sites (tertiary alicyclic amines) is 1. The minimum absolute atomic E-state index is 0.0658. The van der Waals surface area contributed by atoms with Crippen LogP contribution in [0.5, 0.6) is 0 Å². The number of nitrogens with zero attached hydrogens (tertiary/aromatic N) is 2. The van der Waals surface area contributed by atoms with Gasteiger partial charge in [-0.1, -0.05) is 51.1 Å². The topological polar surface area (TPSA) is 68.8 Å². The maximum absolute atomic E-state index is 11.9. The van der Waals surface area contributed by atoms with Crippen molar-refractivity contribution in [1.82, 2.24) is 20.9 Å². The van der Waals surface area contributed by atoms with E-state index in [0.717, 1.165) is 32.0 Å². The molecule has 6 heteroatoms. The smallest absolute Gasteiger partial charge is 0.225 e. The van der Waals surface area contributed by atoms with Crippen LogP contribution in [0.1, 0.15) is 39.2 Å². The molecule has 1 fully saturated rings. The van der Waals surface area contributed by atoms with E-state index < -0.39 is 0 Å². The third-order valence-electron chi connectivity index (χ3n) is 4.70. The molecular weight excluding hydrogens is 338 g/mol. The molecule has 0 spiro atoms. The Hall–Kier alpha value is -2.08. The molecule has 150 valence electrons. The molecule has 0 saturated carbocycles. The number of nitrogens with one attached hydrogen (secondary N) is 3. The van der Waals surface area contributed by atoms with Crippen molar-refractivity contribution < 1.29 is 4.79 Å². The van der Waals surface area contributed by atoms with Crippen LogP contribution in [0.15, 0.2) is 35.3 Å². The quantitative estimate of drug-likeness (QED) is 0.405. The summed E-state index contributed by atoms with van der Waals surface area (Å²) in [5.41, 5.74) is 1.000. The van der Waals surface area contributed by atoms with E-state index in [1.54, 1.807) is 7.05 Å². The Kier molecular flexibility index (Phi) is 8.10. The van der Waals surface area contributed by atoms with Gasteiger partial charge < -0.3 is 16.0 Å². The summed E-state index contributed by atoms with van der Waals surface area (Å²) >= 11 is 0. The zero-order valence-corrected chi connectivity index (χ0v) is 17.2. The van der Waals surface area contributed by atoms with Crippen LogP contribution in [0.3, 0.4) is 0 Å². The van der Waals surface area contributed by atoms with Crippen molar-refractivity contribution in [2.45, 2.75) is 46.2 Å². The van der Waals surface area contributed by atoms with E-state index in [1.165, 1.54) is 12.0 Å². The van der Waals surface area contributed by atoms with E-state index >= 15 is 0 Å². The predicted molar refractivity (Wildman–Crippen MR) is 112 cm³/mol. The molecule has 1 amide bonds. The first-order valence-electron chi connectivity index (χ1n) is 9.90. The van der Waals surface area contributed by atoms with E-state index in [9.17, 15) is 4.79 Å². The van der Waals surface area contributed by atoms with Gasteiger partial charge in [0.25, 0.3) is 0 Å². The molecule has 6 nitrogen and oxygen atoms in total. The average molecular weight is 374 g/mol. The van der Waals surface area contributed by atoms with Crippen LogP contribution in [0, 0.1) is 5.41 Å². The highest BCUT2D eigenvalue weighted by Crippen LogP contribution is 2.14. The molecular formula is C21H35N5O. The van der Waals surface area contributed by atoms with E-state index in [-0.39, 0.29) is 11.3 Å². The number of rotatable bonds is 6. The number of hydrogen-bond acceptors (Lipinski definition) is 3. The van der Waals surface area contributed by atoms with Crippen LogP contribution in [-0.4, -0.2) is 56.0 Å². The Labute approximate surface area is 163 Å². The molecule has 0 aliphatic carbocycles. The molecule has 3 N–H and O–H groups in total. The van der Waals surface area contributed by atoms with Gasteiger partial charge in [-0.3, -0.25) is 14.7 Å². The SMILES string of the molecule is CN=C(NCCNC(=O)C(C)(C)C)NC1CCCN(Cc2ccccc2)C1. The van der Waals surface area contributed by atoms with Crippen molar-refractivity contribution in [1.29, 1.82) is 0 Å². The van der Waals surface area contributed by atoms with Gasteiger partial charge >= 0.3 is 0 Å². The number of carbonyl (C=O) groups is 1. The number of piperidine rings is 1. The molecule has 1 heterocycles. The van der Waals surface area contributed by atoms with Gasteiger partial charge in [-0.25, -0.2) is 0 Å². The Balaban J connectivity index is 1.72. The third kappa shape index (κ3) is 7.59. The Morgan fingerprint density at radius 1 is 1.19 bits per heavy atom. The second kappa shape index (κ2) is 10.3. The van der Waals surface area contributed by atoms with Gasteiger partial charge in [-0.2, -0.15) is 0 Å². The number of benzene rings is 1. The highest BCUT2D eigenvalue weighted by Gasteiger charge is 2.21. The summed E-state index contributed by atoms with van der Waals surface area (Å²) in [6.07, 6.45) is 2.33. The minimum Gasteiger partial charge on any atom is -0.355 e. The fourth-order valence-electron chi connectivity index (χ4n) is 3.17. The molecule has 0 bridgehead atoms. The first kappa shape index (κ1) is 21.2. The molecule has 0 aromatic heterocycles. The number of amides is 1. The van der Waals surface area contributed by atoms with Crippen LogP contribution in [0.4, 0.5) is 0 Å². The van der Waals surface area contributed by atoms with Gasteiger partial charge in [0.1, 0.15) is 0 Å². The Morgan fingerprint density at radius 3 is 2.56 bits per heavy atom. The average Bonchev–Trinajstić information content (AvgIpc) is 2.64. The van der Waals surface area contributed by atoms with Crippen molar-refractivity contribution in [3.8, 4) is 0 Å². The summed E-state index contributed by atoms with van der Waals surface area (Å²) in [7, 11) is 1.79. The van der Waals surface area contributed by atoms with Gasteiger partial charge in [-0.05, 0) is 24.9 Å². The zero-order valence-electron chi connectivity index (χ0n) is 17.2. The third-order valence-corrected chi connectivity index (χ3v) is 4.70. The van der Waals surface area contributed by atoms with E-state index in [0.29, 0.717) is 19.1 Å². The van der Waals surface area contributed by atoms with Crippen LogP contribution >= 0.6 is 0 Å². The number of aliphatic imine (C=N–C) groups is 1. The van der Waals surface area contributed by atoms with Crippen LogP contribution in [0.2, 0.25) is 0 Å². The molecule has 1 saturated heterocycles. The zero-order chi connectivity index (χ0) is 19.7. The Morgan fingerprint density at radius 2 is 1.89 bits per heavy atom. The lowest BCUT2D eigenvalue weighted by Crippen LogP contribution is -2.52. The second-order valence-electron chi connectivity index (χ2n) is 8.21. The molecule has 1 aromatic rings. The molecule has 0 radical (unpaired) electrons. The fourth-order valence-corrected chi connectivity index (χ4v) is 3.17. The standard InChI is InChI=1S/C21H35N5O/c1-21(2,3)19(27)23-12-13-24-20(22-4)25-18-11-8-14-26(16-18)15-17-9-6-5-7-10-17/h5-7,9-10,18H,8,11-16H2,1-4H3,(H,23,27)(H2,22,24,25). The van der Waals surface area contributed by atoms with E-state index in [2.05, 4.69) is 56.2 Å². The Bertz CT molecular complexity index is 609. The molecule has 1 aliphatic heterocycles. The van der Waals surface area contributed by atoms with Crippen molar-refractivity contribution >= 4 is 11.9 Å². The largest absolute Gasteiger partial charge is 0.355 e. The first-order chi connectivity index (χ1) is 12.9. The lowest BCUT2D eigenvalue weighted by atomic mass is 9.96. The number of guanidine groups is 1. The number of carbonyl (C=O) groups excluding carboxylic acids is 1. The maximum Gasteiger partial charge on any atom is 0.225 e. The van der Waals surface area contributed by atoms with Crippen LogP contribution < -0.4 is 16.0 Å². The van der Waals surface area contributed by atoms with Gasteiger partial charge in [0.2, 0.25) is 5.91 Å². The summed E-state index contributed by atoms with van der Waals surface area (Å²) < 4.78 is 0. The molecule has 1 unspecified atom stereocenters. The van der Waals surface area contributed by atoms with Crippen LogP contribution in [-0.2, 0) is 11.3 Å². The van der Waals surface area contributed by atoms with Crippen LogP contribution in [0.25, 0.3) is 0 Å². The minimum atomic E-state index is -0.357.